The van der Waals surface area contributed by atoms with Crippen molar-refractivity contribution in [2.45, 2.75) is 39.5 Å². The van der Waals surface area contributed by atoms with Crippen molar-refractivity contribution in [3.8, 4) is 0 Å². The van der Waals surface area contributed by atoms with Crippen molar-refractivity contribution in [3.05, 3.63) is 18.0 Å². The van der Waals surface area contributed by atoms with Crippen molar-refractivity contribution in [1.29, 1.82) is 0 Å². The second-order valence-corrected chi connectivity index (χ2v) is 4.74. The molecule has 0 spiro atoms. The lowest BCUT2D eigenvalue weighted by atomic mass is 10.2. The number of alkyl carbamates (subject to hydrolysis) is 1. The number of aromatic nitrogens is 2. The first kappa shape index (κ1) is 13.5. The number of nitrogens with zero attached hydrogens (tertiary/aromatic N) is 2. The van der Waals surface area contributed by atoms with Gasteiger partial charge in [0.05, 0.1) is 12.7 Å². The highest BCUT2D eigenvalue weighted by Gasteiger charge is 2.15. The lowest BCUT2D eigenvalue weighted by Gasteiger charge is -2.19. The van der Waals surface area contributed by atoms with Crippen LogP contribution in [0.5, 0.6) is 0 Å². The number of hydrogen-bond acceptors (Lipinski definition) is 4. The van der Waals surface area contributed by atoms with Gasteiger partial charge in [-0.3, -0.25) is 4.68 Å². The molecule has 1 aromatic heterocycles. The van der Waals surface area contributed by atoms with Crippen LogP contribution in [0, 0.1) is 0 Å². The van der Waals surface area contributed by atoms with Crippen molar-refractivity contribution in [2.24, 2.45) is 5.73 Å². The quantitative estimate of drug-likeness (QED) is 0.818. The zero-order chi connectivity index (χ0) is 12.9. The fourth-order valence-electron chi connectivity index (χ4n) is 1.22. The summed E-state index contributed by atoms with van der Waals surface area (Å²) in [5.41, 5.74) is 5.97. The first-order valence-electron chi connectivity index (χ1n) is 5.59. The summed E-state index contributed by atoms with van der Waals surface area (Å²) in [5.74, 6) is 0. The molecule has 1 amide bonds. The van der Waals surface area contributed by atoms with Gasteiger partial charge in [0.1, 0.15) is 5.60 Å². The summed E-state index contributed by atoms with van der Waals surface area (Å²) in [5, 5.41) is 6.76. The maximum absolute atomic E-state index is 11.3. The predicted octanol–water partition coefficient (Wildman–Crippen LogP) is 0.866. The van der Waals surface area contributed by atoms with Crippen molar-refractivity contribution >= 4 is 6.09 Å². The Kier molecular flexibility index (Phi) is 4.51. The molecule has 0 aliphatic heterocycles. The molecule has 0 aliphatic carbocycles. The molecular formula is C11H20N4O2. The van der Waals surface area contributed by atoms with Crippen molar-refractivity contribution in [3.63, 3.8) is 0 Å². The van der Waals surface area contributed by atoms with Crippen molar-refractivity contribution in [1.82, 2.24) is 15.1 Å². The minimum Gasteiger partial charge on any atom is -0.444 e. The Morgan fingerprint density at radius 1 is 1.59 bits per heavy atom. The van der Waals surface area contributed by atoms with Gasteiger partial charge in [-0.1, -0.05) is 0 Å². The highest BCUT2D eigenvalue weighted by molar-refractivity contribution is 5.67. The summed E-state index contributed by atoms with van der Waals surface area (Å²) in [7, 11) is 0. The lowest BCUT2D eigenvalue weighted by Crippen LogP contribution is -2.34. The molecule has 17 heavy (non-hydrogen) atoms. The number of hydrogen-bond donors (Lipinski definition) is 2. The number of rotatable bonds is 4. The van der Waals surface area contributed by atoms with E-state index in [4.69, 9.17) is 10.5 Å². The van der Waals surface area contributed by atoms with E-state index in [1.54, 1.807) is 10.9 Å². The van der Waals surface area contributed by atoms with Gasteiger partial charge in [-0.15, -0.1) is 0 Å². The van der Waals surface area contributed by atoms with E-state index in [-0.39, 0.29) is 0 Å². The highest BCUT2D eigenvalue weighted by atomic mass is 16.6. The van der Waals surface area contributed by atoms with E-state index in [0.717, 1.165) is 5.56 Å². The second-order valence-electron chi connectivity index (χ2n) is 4.74. The number of amides is 1. The van der Waals surface area contributed by atoms with Gasteiger partial charge >= 0.3 is 6.09 Å². The molecule has 0 saturated heterocycles. The van der Waals surface area contributed by atoms with E-state index in [0.29, 0.717) is 19.6 Å². The van der Waals surface area contributed by atoms with Crippen molar-refractivity contribution in [2.75, 3.05) is 6.54 Å². The van der Waals surface area contributed by atoms with Crippen molar-refractivity contribution < 1.29 is 9.53 Å². The third kappa shape index (κ3) is 5.35. The summed E-state index contributed by atoms with van der Waals surface area (Å²) in [6.07, 6.45) is 3.16. The van der Waals surface area contributed by atoms with Gasteiger partial charge in [0, 0.05) is 24.8 Å². The van der Waals surface area contributed by atoms with E-state index in [1.807, 2.05) is 27.0 Å². The Bertz CT molecular complexity index is 368. The van der Waals surface area contributed by atoms with Crippen LogP contribution in [-0.2, 0) is 17.8 Å². The number of nitrogens with one attached hydrogen (secondary N) is 1. The van der Waals surface area contributed by atoms with Crippen LogP contribution in [0.4, 0.5) is 4.79 Å². The largest absolute Gasteiger partial charge is 0.444 e. The third-order valence-corrected chi connectivity index (χ3v) is 1.93. The van der Waals surface area contributed by atoms with E-state index in [2.05, 4.69) is 10.4 Å². The van der Waals surface area contributed by atoms with E-state index < -0.39 is 11.7 Å². The molecule has 1 aromatic rings. The Labute approximate surface area is 101 Å². The topological polar surface area (TPSA) is 82.2 Å². The molecular weight excluding hydrogens is 220 g/mol. The van der Waals surface area contributed by atoms with Crippen LogP contribution >= 0.6 is 0 Å². The molecule has 0 bridgehead atoms. The second kappa shape index (κ2) is 5.67. The lowest BCUT2D eigenvalue weighted by molar-refractivity contribution is 0.0525. The van der Waals surface area contributed by atoms with Gasteiger partial charge in [-0.05, 0) is 20.8 Å². The SMILES string of the molecule is CC(C)(C)OC(=O)NCCn1cc(CN)cn1. The third-order valence-electron chi connectivity index (χ3n) is 1.93. The fourth-order valence-corrected chi connectivity index (χ4v) is 1.22. The van der Waals surface area contributed by atoms with Gasteiger partial charge < -0.3 is 15.8 Å². The number of ether oxygens (including phenoxy) is 1. The molecule has 6 nitrogen and oxygen atoms in total. The Hall–Kier alpha value is -1.56. The summed E-state index contributed by atoms with van der Waals surface area (Å²) >= 11 is 0. The average Bonchev–Trinajstić information content (AvgIpc) is 2.63. The van der Waals surface area contributed by atoms with Gasteiger partial charge in [0.2, 0.25) is 0 Å². The molecule has 0 aromatic carbocycles. The van der Waals surface area contributed by atoms with Crippen LogP contribution in [0.25, 0.3) is 0 Å². The molecule has 3 N–H and O–H groups in total. The Morgan fingerprint density at radius 3 is 2.82 bits per heavy atom. The number of nitrogens with two attached hydrogens (primary N) is 1. The van der Waals surface area contributed by atoms with Crippen LogP contribution in [0.2, 0.25) is 0 Å². The smallest absolute Gasteiger partial charge is 0.407 e. The molecule has 0 atom stereocenters. The highest BCUT2D eigenvalue weighted by Crippen LogP contribution is 2.06. The zero-order valence-corrected chi connectivity index (χ0v) is 10.6. The molecule has 0 saturated carbocycles. The van der Waals surface area contributed by atoms with Crippen LogP contribution < -0.4 is 11.1 Å². The molecule has 6 heteroatoms. The normalized spacial score (nSPS) is 11.3. The maximum Gasteiger partial charge on any atom is 0.407 e. The Morgan fingerprint density at radius 2 is 2.29 bits per heavy atom. The minimum absolute atomic E-state index is 0.413. The number of carbonyl (C=O) groups excluding carboxylic acids is 1. The first-order valence-corrected chi connectivity index (χ1v) is 5.59. The van der Waals surface area contributed by atoms with Gasteiger partial charge in [-0.2, -0.15) is 5.10 Å². The summed E-state index contributed by atoms with van der Waals surface area (Å²) < 4.78 is 6.84. The number of carbonyl (C=O) groups is 1. The van der Waals surface area contributed by atoms with Crippen LogP contribution in [0.1, 0.15) is 26.3 Å². The molecule has 0 unspecified atom stereocenters. The van der Waals surface area contributed by atoms with Gasteiger partial charge in [0.25, 0.3) is 0 Å². The fraction of sp³-hybridized carbons (Fsp3) is 0.636. The maximum atomic E-state index is 11.3. The van der Waals surface area contributed by atoms with Gasteiger partial charge in [0.15, 0.2) is 0 Å². The van der Waals surface area contributed by atoms with Gasteiger partial charge in [-0.25, -0.2) is 4.79 Å². The molecule has 0 fully saturated rings. The minimum atomic E-state index is -0.470. The standard InChI is InChI=1S/C11H20N4O2/c1-11(2,3)17-10(16)13-4-5-15-8-9(6-12)7-14-15/h7-8H,4-6,12H2,1-3H3,(H,13,16). The van der Waals surface area contributed by atoms with Crippen LogP contribution in [0.15, 0.2) is 12.4 Å². The molecule has 1 heterocycles. The summed E-state index contributed by atoms with van der Waals surface area (Å²) in [6, 6.07) is 0. The van der Waals surface area contributed by atoms with Crippen LogP contribution in [0.3, 0.4) is 0 Å². The predicted molar refractivity (Wildman–Crippen MR) is 64.4 cm³/mol. The van der Waals surface area contributed by atoms with Crippen LogP contribution in [-0.4, -0.2) is 28.0 Å². The van der Waals surface area contributed by atoms with E-state index in [9.17, 15) is 4.79 Å². The molecule has 0 radical (unpaired) electrons. The first-order chi connectivity index (χ1) is 7.90. The van der Waals surface area contributed by atoms with E-state index >= 15 is 0 Å². The summed E-state index contributed by atoms with van der Waals surface area (Å²) in [6.45, 7) is 7.02. The molecule has 0 aliphatic rings. The molecule has 96 valence electrons. The summed E-state index contributed by atoms with van der Waals surface area (Å²) in [4.78, 5) is 11.3. The monoisotopic (exact) mass is 240 g/mol. The Balaban J connectivity index is 2.26. The molecule has 1 rings (SSSR count). The van der Waals surface area contributed by atoms with E-state index in [1.165, 1.54) is 0 Å². The zero-order valence-electron chi connectivity index (χ0n) is 10.6. The average molecular weight is 240 g/mol.